The van der Waals surface area contributed by atoms with Crippen molar-refractivity contribution < 1.29 is 23.8 Å². The monoisotopic (exact) mass is 423 g/mol. The first-order chi connectivity index (χ1) is 14.9. The van der Waals surface area contributed by atoms with E-state index in [1.807, 2.05) is 18.2 Å². The van der Waals surface area contributed by atoms with Gasteiger partial charge in [-0.2, -0.15) is 0 Å². The third-order valence-electron chi connectivity index (χ3n) is 5.06. The van der Waals surface area contributed by atoms with Gasteiger partial charge in [0.05, 0.1) is 16.9 Å². The Balaban J connectivity index is 1.49. The maximum Gasteiger partial charge on any atom is 0.339 e. The standard InChI is InChI=1S/C22H21N3O6/c1-13-19(21(27)25(24(13)3)16-7-5-4-6-8-16)23-20(26)14(2)31-22(28)15-9-10-17-18(11-15)30-12-29-17/h4-11,14H,12H2,1-3H3,(H,23,26). The van der Waals surface area contributed by atoms with Gasteiger partial charge in [-0.15, -0.1) is 0 Å². The molecule has 0 saturated heterocycles. The highest BCUT2D eigenvalue weighted by Gasteiger charge is 2.24. The third-order valence-corrected chi connectivity index (χ3v) is 5.06. The van der Waals surface area contributed by atoms with Gasteiger partial charge in [0.1, 0.15) is 5.69 Å². The number of carbonyl (C=O) groups is 2. The molecule has 1 N–H and O–H groups in total. The summed E-state index contributed by atoms with van der Waals surface area (Å²) in [7, 11) is 1.72. The lowest BCUT2D eigenvalue weighted by Crippen LogP contribution is -2.32. The maximum atomic E-state index is 12.9. The Hall–Kier alpha value is -4.01. The first-order valence-corrected chi connectivity index (χ1v) is 9.62. The smallest absolute Gasteiger partial charge is 0.339 e. The first-order valence-electron chi connectivity index (χ1n) is 9.62. The molecule has 0 aliphatic carbocycles. The summed E-state index contributed by atoms with van der Waals surface area (Å²) >= 11 is 0. The molecule has 9 heteroatoms. The van der Waals surface area contributed by atoms with E-state index in [9.17, 15) is 14.4 Å². The van der Waals surface area contributed by atoms with E-state index >= 15 is 0 Å². The van der Waals surface area contributed by atoms with E-state index in [4.69, 9.17) is 14.2 Å². The van der Waals surface area contributed by atoms with Crippen molar-refractivity contribution in [2.75, 3.05) is 12.1 Å². The number of carbonyl (C=O) groups excluding carboxylic acids is 2. The number of nitrogens with one attached hydrogen (secondary N) is 1. The second kappa shape index (κ2) is 8.02. The molecule has 160 valence electrons. The van der Waals surface area contributed by atoms with Gasteiger partial charge in [-0.25, -0.2) is 9.48 Å². The second-order valence-electron chi connectivity index (χ2n) is 7.04. The maximum absolute atomic E-state index is 12.9. The van der Waals surface area contributed by atoms with E-state index < -0.39 is 18.0 Å². The fourth-order valence-corrected chi connectivity index (χ4v) is 3.24. The van der Waals surface area contributed by atoms with Crippen molar-refractivity contribution >= 4 is 17.6 Å². The Labute approximate surface area is 177 Å². The number of anilines is 1. The largest absolute Gasteiger partial charge is 0.454 e. The van der Waals surface area contributed by atoms with E-state index in [1.54, 1.807) is 36.9 Å². The molecule has 0 saturated carbocycles. The van der Waals surface area contributed by atoms with Crippen molar-refractivity contribution in [3.63, 3.8) is 0 Å². The van der Waals surface area contributed by atoms with Crippen LogP contribution in [0.3, 0.4) is 0 Å². The minimum Gasteiger partial charge on any atom is -0.454 e. The zero-order chi connectivity index (χ0) is 22.1. The molecule has 4 rings (SSSR count). The van der Waals surface area contributed by atoms with Crippen molar-refractivity contribution in [2.45, 2.75) is 20.0 Å². The van der Waals surface area contributed by atoms with Crippen LogP contribution in [-0.2, 0) is 16.6 Å². The van der Waals surface area contributed by atoms with Crippen LogP contribution in [0.15, 0.2) is 53.3 Å². The van der Waals surface area contributed by atoms with Crippen molar-refractivity contribution in [1.29, 1.82) is 0 Å². The van der Waals surface area contributed by atoms with Crippen LogP contribution in [0.1, 0.15) is 23.0 Å². The molecule has 1 amide bonds. The van der Waals surface area contributed by atoms with Crippen molar-refractivity contribution in [3.05, 3.63) is 70.1 Å². The van der Waals surface area contributed by atoms with E-state index in [2.05, 4.69) is 5.32 Å². The number of esters is 1. The van der Waals surface area contributed by atoms with Crippen LogP contribution in [0.5, 0.6) is 11.5 Å². The van der Waals surface area contributed by atoms with Gasteiger partial charge in [-0.3, -0.25) is 14.3 Å². The van der Waals surface area contributed by atoms with Crippen LogP contribution < -0.4 is 20.3 Å². The molecule has 0 radical (unpaired) electrons. The summed E-state index contributed by atoms with van der Waals surface area (Å²) in [5.74, 6) is -0.322. The SMILES string of the molecule is Cc1c(NC(=O)C(C)OC(=O)c2ccc3c(c2)OCO3)c(=O)n(-c2ccccc2)n1C. The zero-order valence-corrected chi connectivity index (χ0v) is 17.2. The van der Waals surface area contributed by atoms with Crippen LogP contribution in [0.25, 0.3) is 5.69 Å². The van der Waals surface area contributed by atoms with E-state index in [1.165, 1.54) is 23.7 Å². The summed E-state index contributed by atoms with van der Waals surface area (Å²) in [6.45, 7) is 3.25. The molecule has 31 heavy (non-hydrogen) atoms. The normalized spacial score (nSPS) is 13.0. The highest BCUT2D eigenvalue weighted by atomic mass is 16.7. The van der Waals surface area contributed by atoms with Crippen LogP contribution >= 0.6 is 0 Å². The average Bonchev–Trinajstić information content (AvgIpc) is 3.32. The Bertz CT molecular complexity index is 1210. The predicted octanol–water partition coefficient (Wildman–Crippen LogP) is 2.40. The van der Waals surface area contributed by atoms with E-state index in [-0.39, 0.29) is 23.6 Å². The van der Waals surface area contributed by atoms with Gasteiger partial charge in [-0.05, 0) is 44.2 Å². The van der Waals surface area contributed by atoms with Crippen LogP contribution in [0, 0.1) is 6.92 Å². The van der Waals surface area contributed by atoms with Crippen LogP contribution in [0.2, 0.25) is 0 Å². The molecule has 1 aliphatic heterocycles. The number of hydrogen-bond acceptors (Lipinski definition) is 6. The predicted molar refractivity (Wildman–Crippen MR) is 112 cm³/mol. The minimum absolute atomic E-state index is 0.0869. The molecule has 9 nitrogen and oxygen atoms in total. The molecule has 1 atom stereocenters. The Kier molecular flexibility index (Phi) is 5.24. The highest BCUT2D eigenvalue weighted by Crippen LogP contribution is 2.32. The van der Waals surface area contributed by atoms with Gasteiger partial charge in [0.15, 0.2) is 17.6 Å². The van der Waals surface area contributed by atoms with Gasteiger partial charge >= 0.3 is 5.97 Å². The summed E-state index contributed by atoms with van der Waals surface area (Å²) in [6, 6.07) is 13.7. The third kappa shape index (κ3) is 3.77. The molecule has 1 aromatic heterocycles. The van der Waals surface area contributed by atoms with Gasteiger partial charge in [0, 0.05) is 7.05 Å². The fourth-order valence-electron chi connectivity index (χ4n) is 3.24. The van der Waals surface area contributed by atoms with Crippen LogP contribution in [0.4, 0.5) is 5.69 Å². The molecule has 1 unspecified atom stereocenters. The number of hydrogen-bond donors (Lipinski definition) is 1. The van der Waals surface area contributed by atoms with Gasteiger partial charge in [0.25, 0.3) is 11.5 Å². The topological polar surface area (TPSA) is 101 Å². The Morgan fingerprint density at radius 1 is 1.10 bits per heavy atom. The zero-order valence-electron chi connectivity index (χ0n) is 17.2. The molecule has 2 aromatic carbocycles. The van der Waals surface area contributed by atoms with Crippen molar-refractivity contribution in [2.24, 2.45) is 7.05 Å². The van der Waals surface area contributed by atoms with Gasteiger partial charge < -0.3 is 19.5 Å². The van der Waals surface area contributed by atoms with E-state index in [0.717, 1.165) is 0 Å². The number of amides is 1. The number of fused-ring (bicyclic) bond motifs is 1. The molecule has 0 fully saturated rings. The quantitative estimate of drug-likeness (QED) is 0.633. The average molecular weight is 423 g/mol. The second-order valence-corrected chi connectivity index (χ2v) is 7.04. The Morgan fingerprint density at radius 2 is 1.81 bits per heavy atom. The van der Waals surface area contributed by atoms with Crippen molar-refractivity contribution in [1.82, 2.24) is 9.36 Å². The molecule has 1 aliphatic rings. The number of para-hydroxylation sites is 1. The molecular weight excluding hydrogens is 402 g/mol. The molecule has 0 bridgehead atoms. The van der Waals surface area contributed by atoms with Crippen molar-refractivity contribution in [3.8, 4) is 17.2 Å². The summed E-state index contributed by atoms with van der Waals surface area (Å²) in [4.78, 5) is 38.0. The molecule has 0 spiro atoms. The van der Waals surface area contributed by atoms with Gasteiger partial charge in [-0.1, -0.05) is 18.2 Å². The fraction of sp³-hybridized carbons (Fsp3) is 0.227. The van der Waals surface area contributed by atoms with Crippen LogP contribution in [-0.4, -0.2) is 34.1 Å². The summed E-state index contributed by atoms with van der Waals surface area (Å²) < 4.78 is 18.8. The number of aromatic nitrogens is 2. The van der Waals surface area contributed by atoms with Gasteiger partial charge in [0.2, 0.25) is 6.79 Å². The number of ether oxygens (including phenoxy) is 3. The first kappa shape index (κ1) is 20.3. The Morgan fingerprint density at radius 3 is 2.55 bits per heavy atom. The summed E-state index contributed by atoms with van der Waals surface area (Å²) in [5.41, 5.74) is 1.21. The summed E-state index contributed by atoms with van der Waals surface area (Å²) in [6.07, 6.45) is -1.12. The number of benzene rings is 2. The van der Waals surface area contributed by atoms with E-state index in [0.29, 0.717) is 22.9 Å². The molecule has 2 heterocycles. The lowest BCUT2D eigenvalue weighted by atomic mass is 10.2. The molecular formula is C22H21N3O6. The summed E-state index contributed by atoms with van der Waals surface area (Å²) in [5, 5.41) is 2.59. The minimum atomic E-state index is -1.12. The lowest BCUT2D eigenvalue weighted by molar-refractivity contribution is -0.123. The number of rotatable bonds is 5. The number of nitrogens with zero attached hydrogens (tertiary/aromatic N) is 2. The molecule has 3 aromatic rings. The lowest BCUT2D eigenvalue weighted by Gasteiger charge is -2.13. The highest BCUT2D eigenvalue weighted by molar-refractivity contribution is 5.97.